The van der Waals surface area contributed by atoms with Gasteiger partial charge in [0.05, 0.1) is 50.0 Å². The number of benzene rings is 1. The first-order valence-corrected chi connectivity index (χ1v) is 8.61. The van der Waals surface area contributed by atoms with Crippen LogP contribution in [-0.2, 0) is 30.4 Å². The first-order valence-electron chi connectivity index (χ1n) is 6.79. The van der Waals surface area contributed by atoms with Gasteiger partial charge in [0.2, 0.25) is 0 Å². The van der Waals surface area contributed by atoms with Crippen molar-refractivity contribution in [2.45, 2.75) is 6.61 Å². The number of carbonyl (C=O) groups excluding carboxylic acids is 1. The number of ether oxygens (including phenoxy) is 2. The third-order valence-corrected chi connectivity index (χ3v) is 3.54. The summed E-state index contributed by atoms with van der Waals surface area (Å²) in [5, 5.41) is 0.817. The molecule has 0 aliphatic rings. The summed E-state index contributed by atoms with van der Waals surface area (Å²) in [6.45, 7) is 0.352. The van der Waals surface area contributed by atoms with Gasteiger partial charge in [0.1, 0.15) is 0 Å². The zero-order valence-corrected chi connectivity index (χ0v) is 13.6. The lowest BCUT2D eigenvalue weighted by Crippen LogP contribution is -2.09. The summed E-state index contributed by atoms with van der Waals surface area (Å²) in [4.78, 5) is 15.9. The van der Waals surface area contributed by atoms with Crippen LogP contribution in [0.2, 0.25) is 0 Å². The number of rotatable bonds is 7. The molecule has 0 fully saturated rings. The molecule has 0 bridgehead atoms. The number of nitrogens with zero attached hydrogens (tertiary/aromatic N) is 1. The van der Waals surface area contributed by atoms with Crippen LogP contribution in [0.1, 0.15) is 16.1 Å². The van der Waals surface area contributed by atoms with Crippen molar-refractivity contribution in [2.75, 3.05) is 26.6 Å². The van der Waals surface area contributed by atoms with Crippen LogP contribution in [0.5, 0.6) is 0 Å². The number of hydrogen-bond acceptors (Lipinski definition) is 7. The van der Waals surface area contributed by atoms with Crippen molar-refractivity contribution >= 4 is 27.0 Å². The summed E-state index contributed by atoms with van der Waals surface area (Å²) < 4.78 is 36.1. The van der Waals surface area contributed by atoms with Crippen molar-refractivity contribution in [3.05, 3.63) is 41.6 Å². The average molecular weight is 339 g/mol. The largest absolute Gasteiger partial charge is 0.465 e. The van der Waals surface area contributed by atoms with Crippen LogP contribution in [0.25, 0.3) is 10.9 Å². The van der Waals surface area contributed by atoms with Crippen LogP contribution in [0.15, 0.2) is 30.3 Å². The minimum Gasteiger partial charge on any atom is -0.465 e. The SMILES string of the molecule is COC(=O)c1ccc2nc(COCCOS(C)(=O)=O)ccc2c1. The Morgan fingerprint density at radius 3 is 2.65 bits per heavy atom. The lowest BCUT2D eigenvalue weighted by molar-refractivity contribution is 0.0601. The molecule has 2 aromatic rings. The van der Waals surface area contributed by atoms with Crippen molar-refractivity contribution < 1.29 is 26.9 Å². The molecule has 0 atom stereocenters. The molecule has 0 amide bonds. The van der Waals surface area contributed by atoms with Crippen molar-refractivity contribution in [3.8, 4) is 0 Å². The molecule has 1 heterocycles. The highest BCUT2D eigenvalue weighted by atomic mass is 32.2. The third kappa shape index (κ3) is 5.27. The van der Waals surface area contributed by atoms with E-state index in [1.165, 1.54) is 7.11 Å². The average Bonchev–Trinajstić information content (AvgIpc) is 2.52. The first-order chi connectivity index (χ1) is 10.9. The van der Waals surface area contributed by atoms with E-state index in [1.54, 1.807) is 24.3 Å². The van der Waals surface area contributed by atoms with Crippen LogP contribution in [0, 0.1) is 0 Å². The Morgan fingerprint density at radius 2 is 1.96 bits per heavy atom. The molecule has 7 nitrogen and oxygen atoms in total. The number of hydrogen-bond donors (Lipinski definition) is 0. The van der Waals surface area contributed by atoms with Crippen molar-refractivity contribution in [1.29, 1.82) is 0 Å². The fourth-order valence-electron chi connectivity index (χ4n) is 1.91. The molecule has 0 saturated heterocycles. The van der Waals surface area contributed by atoms with Crippen LogP contribution >= 0.6 is 0 Å². The molecule has 1 aromatic heterocycles. The molecule has 0 saturated carbocycles. The molecule has 0 N–H and O–H groups in total. The van der Waals surface area contributed by atoms with E-state index in [4.69, 9.17) is 4.74 Å². The van der Waals surface area contributed by atoms with Gasteiger partial charge in [0, 0.05) is 5.39 Å². The Hall–Kier alpha value is -2.03. The van der Waals surface area contributed by atoms with E-state index in [1.807, 2.05) is 6.07 Å². The normalized spacial score (nSPS) is 11.6. The van der Waals surface area contributed by atoms with E-state index in [2.05, 4.69) is 13.9 Å². The molecule has 2 rings (SSSR count). The standard InChI is InChI=1S/C15H17NO6S/c1-20-15(17)12-4-6-14-11(9-12)3-5-13(16-14)10-21-7-8-22-23(2,18)19/h3-6,9H,7-8,10H2,1-2H3. The van der Waals surface area contributed by atoms with Crippen molar-refractivity contribution in [2.24, 2.45) is 0 Å². The molecule has 0 unspecified atom stereocenters. The summed E-state index contributed by atoms with van der Waals surface area (Å²) in [5.74, 6) is -0.398. The molecule has 1 aromatic carbocycles. The lowest BCUT2D eigenvalue weighted by atomic mass is 10.1. The van der Waals surface area contributed by atoms with Crippen LogP contribution in [0.4, 0.5) is 0 Å². The smallest absolute Gasteiger partial charge is 0.337 e. The van der Waals surface area contributed by atoms with E-state index in [9.17, 15) is 13.2 Å². The summed E-state index contributed by atoms with van der Waals surface area (Å²) in [5.41, 5.74) is 1.89. The van der Waals surface area contributed by atoms with E-state index in [0.717, 1.165) is 17.2 Å². The van der Waals surface area contributed by atoms with Crippen LogP contribution in [-0.4, -0.2) is 46.0 Å². The van der Waals surface area contributed by atoms with Gasteiger partial charge < -0.3 is 9.47 Å². The number of carbonyl (C=O) groups is 1. The van der Waals surface area contributed by atoms with Gasteiger partial charge in [-0.2, -0.15) is 8.42 Å². The zero-order chi connectivity index (χ0) is 16.9. The van der Waals surface area contributed by atoms with E-state index in [-0.39, 0.29) is 19.8 Å². The summed E-state index contributed by atoms with van der Waals surface area (Å²) in [7, 11) is -2.11. The van der Waals surface area contributed by atoms with Gasteiger partial charge >= 0.3 is 5.97 Å². The van der Waals surface area contributed by atoms with Gasteiger partial charge in [-0.05, 0) is 24.3 Å². The van der Waals surface area contributed by atoms with E-state index >= 15 is 0 Å². The molecule has 23 heavy (non-hydrogen) atoms. The van der Waals surface area contributed by atoms with Crippen LogP contribution in [0.3, 0.4) is 0 Å². The van der Waals surface area contributed by atoms with Crippen molar-refractivity contribution in [1.82, 2.24) is 4.98 Å². The van der Waals surface area contributed by atoms with E-state index < -0.39 is 16.1 Å². The number of methoxy groups -OCH3 is 1. The Kier molecular flexibility index (Phi) is 5.64. The zero-order valence-electron chi connectivity index (χ0n) is 12.8. The Morgan fingerprint density at radius 1 is 1.17 bits per heavy atom. The Bertz CT molecular complexity index is 803. The Balaban J connectivity index is 1.96. The predicted molar refractivity (Wildman–Crippen MR) is 83.5 cm³/mol. The number of pyridine rings is 1. The minimum absolute atomic E-state index is 0.0328. The maximum absolute atomic E-state index is 11.5. The van der Waals surface area contributed by atoms with Gasteiger partial charge in [-0.1, -0.05) is 6.07 Å². The summed E-state index contributed by atoms with van der Waals surface area (Å²) in [6.07, 6.45) is 0.987. The highest BCUT2D eigenvalue weighted by Gasteiger charge is 2.07. The van der Waals surface area contributed by atoms with Crippen molar-refractivity contribution in [3.63, 3.8) is 0 Å². The summed E-state index contributed by atoms with van der Waals surface area (Å²) >= 11 is 0. The third-order valence-electron chi connectivity index (χ3n) is 2.94. The maximum atomic E-state index is 11.5. The van der Waals surface area contributed by atoms with Gasteiger partial charge in [-0.25, -0.2) is 4.79 Å². The molecular formula is C15H17NO6S. The quantitative estimate of drug-likeness (QED) is 0.429. The van der Waals surface area contributed by atoms with E-state index in [0.29, 0.717) is 11.3 Å². The fraction of sp³-hybridized carbons (Fsp3) is 0.333. The second-order valence-corrected chi connectivity index (χ2v) is 6.42. The first kappa shape index (κ1) is 17.3. The van der Waals surface area contributed by atoms with Gasteiger partial charge in [0.25, 0.3) is 10.1 Å². The maximum Gasteiger partial charge on any atom is 0.337 e. The van der Waals surface area contributed by atoms with Gasteiger partial charge in [0.15, 0.2) is 0 Å². The second kappa shape index (κ2) is 7.49. The number of esters is 1. The minimum atomic E-state index is -3.44. The molecular weight excluding hydrogens is 322 g/mol. The molecule has 8 heteroatoms. The van der Waals surface area contributed by atoms with Crippen LogP contribution < -0.4 is 0 Å². The van der Waals surface area contributed by atoms with Gasteiger partial charge in [-0.3, -0.25) is 9.17 Å². The summed E-state index contributed by atoms with van der Waals surface area (Å²) in [6, 6.07) is 8.70. The van der Waals surface area contributed by atoms with Gasteiger partial charge in [-0.15, -0.1) is 0 Å². The molecule has 124 valence electrons. The molecule has 0 spiro atoms. The number of aromatic nitrogens is 1. The number of fused-ring (bicyclic) bond motifs is 1. The monoisotopic (exact) mass is 339 g/mol. The fourth-order valence-corrected chi connectivity index (χ4v) is 2.28. The predicted octanol–water partition coefficient (Wildman–Crippen LogP) is 1.51. The Labute approximate surface area is 134 Å². The lowest BCUT2D eigenvalue weighted by Gasteiger charge is -2.06. The highest BCUT2D eigenvalue weighted by Crippen LogP contribution is 2.16. The highest BCUT2D eigenvalue weighted by molar-refractivity contribution is 7.85. The molecule has 0 aliphatic heterocycles. The molecule has 0 radical (unpaired) electrons. The second-order valence-electron chi connectivity index (χ2n) is 4.78. The molecule has 0 aliphatic carbocycles. The topological polar surface area (TPSA) is 91.8 Å².